The minimum absolute atomic E-state index is 0.128. The zero-order chi connectivity index (χ0) is 22.8. The van der Waals surface area contributed by atoms with E-state index in [9.17, 15) is 4.79 Å². The van der Waals surface area contributed by atoms with E-state index < -0.39 is 6.17 Å². The molecule has 0 fully saturated rings. The summed E-state index contributed by atoms with van der Waals surface area (Å²) in [7, 11) is 4.78. The number of anilines is 1. The smallest absolute Gasteiger partial charge is 0.267 e. The summed E-state index contributed by atoms with van der Waals surface area (Å²) in [5.41, 5.74) is 15.5. The molecule has 1 unspecified atom stereocenters. The van der Waals surface area contributed by atoms with Gasteiger partial charge < -0.3 is 21.0 Å². The molecule has 0 radical (unpaired) electrons. The monoisotopic (exact) mass is 432 g/mol. The maximum absolute atomic E-state index is 13.3. The quantitative estimate of drug-likeness (QED) is 0.352. The number of rotatable bonds is 6. The lowest BCUT2D eigenvalue weighted by Crippen LogP contribution is -2.30. The van der Waals surface area contributed by atoms with Crippen LogP contribution in [0.3, 0.4) is 0 Å². The molecule has 4 aromatic rings. The van der Waals surface area contributed by atoms with Crippen LogP contribution in [0.4, 0.5) is 5.95 Å². The summed E-state index contributed by atoms with van der Waals surface area (Å²) in [5, 5.41) is 1.94. The van der Waals surface area contributed by atoms with Crippen molar-refractivity contribution in [3.8, 4) is 22.7 Å². The largest absolute Gasteiger partial charge is 0.481 e. The Morgan fingerprint density at radius 1 is 1.06 bits per heavy atom. The van der Waals surface area contributed by atoms with Gasteiger partial charge in [-0.3, -0.25) is 4.79 Å². The van der Waals surface area contributed by atoms with Crippen LogP contribution in [0.15, 0.2) is 65.6 Å². The van der Waals surface area contributed by atoms with E-state index in [0.717, 1.165) is 11.1 Å². The van der Waals surface area contributed by atoms with Crippen molar-refractivity contribution in [2.45, 2.75) is 6.17 Å². The highest BCUT2D eigenvalue weighted by molar-refractivity contribution is 5.85. The average Bonchev–Trinajstić information content (AvgIpc) is 2.83. The van der Waals surface area contributed by atoms with Gasteiger partial charge in [0.2, 0.25) is 11.8 Å². The molecule has 9 nitrogen and oxygen atoms in total. The van der Waals surface area contributed by atoms with Crippen molar-refractivity contribution in [2.75, 3.05) is 27.0 Å². The summed E-state index contributed by atoms with van der Waals surface area (Å²) in [4.78, 5) is 27.3. The van der Waals surface area contributed by atoms with E-state index >= 15 is 0 Å². The highest BCUT2D eigenvalue weighted by atomic mass is 16.7. The number of fused-ring (bicyclic) bond motifs is 1. The van der Waals surface area contributed by atoms with Crippen LogP contribution in [0.1, 0.15) is 11.7 Å². The molecule has 4 rings (SSSR count). The normalized spacial score (nSPS) is 12.3. The van der Waals surface area contributed by atoms with E-state index in [2.05, 4.69) is 9.97 Å². The van der Waals surface area contributed by atoms with Crippen LogP contribution < -0.4 is 21.8 Å². The molecule has 2 heterocycles. The molecular weight excluding hydrogens is 408 g/mol. The Kier molecular flexibility index (Phi) is 5.87. The zero-order valence-corrected chi connectivity index (χ0v) is 18.0. The Morgan fingerprint density at radius 2 is 1.81 bits per heavy atom. The predicted molar refractivity (Wildman–Crippen MR) is 123 cm³/mol. The van der Waals surface area contributed by atoms with Crippen molar-refractivity contribution >= 4 is 16.9 Å². The lowest BCUT2D eigenvalue weighted by molar-refractivity contribution is -0.141. The van der Waals surface area contributed by atoms with E-state index in [1.807, 2.05) is 42.5 Å². The van der Waals surface area contributed by atoms with Crippen LogP contribution in [-0.4, -0.2) is 40.9 Å². The first-order valence-electron chi connectivity index (χ1n) is 9.89. The maximum Gasteiger partial charge on any atom is 0.267 e. The third-order valence-corrected chi connectivity index (χ3v) is 5.31. The Labute approximate surface area is 184 Å². The third kappa shape index (κ3) is 3.80. The second-order valence-corrected chi connectivity index (χ2v) is 7.17. The highest BCUT2D eigenvalue weighted by Crippen LogP contribution is 2.30. The number of methoxy groups -OCH3 is 1. The molecule has 4 N–H and O–H groups in total. The van der Waals surface area contributed by atoms with Crippen molar-refractivity contribution < 1.29 is 9.57 Å². The number of hydroxylamine groups is 2. The van der Waals surface area contributed by atoms with Crippen LogP contribution in [-0.2, 0) is 4.84 Å². The summed E-state index contributed by atoms with van der Waals surface area (Å²) in [6.45, 7) is 0. The highest BCUT2D eigenvalue weighted by Gasteiger charge is 2.19. The Balaban J connectivity index is 1.87. The molecular formula is C23H24N6O3. The van der Waals surface area contributed by atoms with Gasteiger partial charge in [0.15, 0.2) is 0 Å². The van der Waals surface area contributed by atoms with Crippen molar-refractivity contribution in [1.29, 1.82) is 0 Å². The minimum Gasteiger partial charge on any atom is -0.481 e. The Morgan fingerprint density at radius 3 is 2.50 bits per heavy atom. The second-order valence-electron chi connectivity index (χ2n) is 7.17. The van der Waals surface area contributed by atoms with Gasteiger partial charge in [-0.1, -0.05) is 24.3 Å². The van der Waals surface area contributed by atoms with Gasteiger partial charge in [0.1, 0.15) is 6.17 Å². The summed E-state index contributed by atoms with van der Waals surface area (Å²) >= 11 is 0. The predicted octanol–water partition coefficient (Wildman–Crippen LogP) is 2.49. The van der Waals surface area contributed by atoms with Gasteiger partial charge in [0, 0.05) is 24.4 Å². The summed E-state index contributed by atoms with van der Waals surface area (Å²) in [6.07, 6.45) is 1.07. The summed E-state index contributed by atoms with van der Waals surface area (Å²) in [6, 6.07) is 16.4. The molecule has 164 valence electrons. The van der Waals surface area contributed by atoms with E-state index in [1.54, 1.807) is 25.4 Å². The number of hydrogen-bond donors (Lipinski definition) is 2. The van der Waals surface area contributed by atoms with E-state index in [4.69, 9.17) is 21.0 Å². The maximum atomic E-state index is 13.3. The first kappa shape index (κ1) is 21.4. The van der Waals surface area contributed by atoms with E-state index in [-0.39, 0.29) is 11.5 Å². The molecule has 0 saturated carbocycles. The topological polar surface area (TPSA) is 122 Å². The van der Waals surface area contributed by atoms with Crippen LogP contribution in [0, 0.1) is 0 Å². The lowest BCUT2D eigenvalue weighted by Gasteiger charge is -2.23. The van der Waals surface area contributed by atoms with Crippen molar-refractivity contribution in [3.63, 3.8) is 0 Å². The zero-order valence-electron chi connectivity index (χ0n) is 18.0. The van der Waals surface area contributed by atoms with Gasteiger partial charge in [-0.2, -0.15) is 5.06 Å². The number of ether oxygens (including phenoxy) is 1. The molecule has 0 saturated heterocycles. The summed E-state index contributed by atoms with van der Waals surface area (Å²) in [5.74, 6) is 0.523. The van der Waals surface area contributed by atoms with Crippen molar-refractivity contribution in [1.82, 2.24) is 19.6 Å². The molecule has 0 bridgehead atoms. The van der Waals surface area contributed by atoms with Gasteiger partial charge in [0.25, 0.3) is 5.56 Å². The SMILES string of the molecule is COc1ncc(-c2ccc3nc(N)n(-c4ccccc4)c(=O)c3c2)cc1C(N)N(C)OC. The van der Waals surface area contributed by atoms with Gasteiger partial charge in [0.05, 0.1) is 30.8 Å². The molecule has 0 aliphatic heterocycles. The number of aromatic nitrogens is 3. The van der Waals surface area contributed by atoms with Crippen LogP contribution in [0.25, 0.3) is 27.7 Å². The van der Waals surface area contributed by atoms with Crippen LogP contribution in [0.2, 0.25) is 0 Å². The Hall–Kier alpha value is -3.79. The molecule has 32 heavy (non-hydrogen) atoms. The lowest BCUT2D eigenvalue weighted by atomic mass is 10.0. The van der Waals surface area contributed by atoms with Gasteiger partial charge >= 0.3 is 0 Å². The standard InChI is InChI=1S/C23H24N6O3/c1-28(32-3)20(24)18-12-15(13-26-21(18)31-2)14-9-10-19-17(11-14)22(30)29(23(25)27-19)16-7-5-4-6-8-16/h4-13,20H,24H2,1-3H3,(H2,25,27). The molecule has 9 heteroatoms. The minimum atomic E-state index is -0.598. The molecule has 2 aromatic heterocycles. The Bertz CT molecular complexity index is 1320. The summed E-state index contributed by atoms with van der Waals surface area (Å²) < 4.78 is 6.76. The van der Waals surface area contributed by atoms with E-state index in [0.29, 0.717) is 28.0 Å². The first-order chi connectivity index (χ1) is 15.4. The second kappa shape index (κ2) is 8.75. The van der Waals surface area contributed by atoms with E-state index in [1.165, 1.54) is 23.8 Å². The number of nitrogen functional groups attached to an aromatic ring is 1. The molecule has 2 aromatic carbocycles. The van der Waals surface area contributed by atoms with Crippen molar-refractivity contribution in [2.24, 2.45) is 5.73 Å². The number of pyridine rings is 1. The van der Waals surface area contributed by atoms with Gasteiger partial charge in [-0.25, -0.2) is 14.5 Å². The fourth-order valence-electron chi connectivity index (χ4n) is 3.53. The van der Waals surface area contributed by atoms with Crippen molar-refractivity contribution in [3.05, 3.63) is 76.7 Å². The number of para-hydroxylation sites is 1. The van der Waals surface area contributed by atoms with Crippen LogP contribution >= 0.6 is 0 Å². The molecule has 0 aliphatic rings. The molecule has 1 atom stereocenters. The first-order valence-corrected chi connectivity index (χ1v) is 9.89. The number of hydrogen-bond acceptors (Lipinski definition) is 8. The number of nitrogens with two attached hydrogens (primary N) is 2. The van der Waals surface area contributed by atoms with Crippen LogP contribution in [0.5, 0.6) is 5.88 Å². The number of benzene rings is 2. The molecule has 0 spiro atoms. The molecule has 0 aliphatic carbocycles. The third-order valence-electron chi connectivity index (χ3n) is 5.31. The van der Waals surface area contributed by atoms with Gasteiger partial charge in [-0.15, -0.1) is 0 Å². The fraction of sp³-hybridized carbons (Fsp3) is 0.174. The van der Waals surface area contributed by atoms with Gasteiger partial charge in [-0.05, 0) is 35.9 Å². The average molecular weight is 432 g/mol. The molecule has 0 amide bonds. The fourth-order valence-corrected chi connectivity index (χ4v) is 3.53. The number of nitrogens with zero attached hydrogens (tertiary/aromatic N) is 4.